The molecule has 0 radical (unpaired) electrons. The van der Waals surface area contributed by atoms with E-state index in [4.69, 9.17) is 42.6 Å². The second-order valence-electron chi connectivity index (χ2n) is 13.9. The molecule has 12 N–H and O–H groups in total. The van der Waals surface area contributed by atoms with Gasteiger partial charge in [0.25, 0.3) is 0 Å². The molecule has 0 aromatic rings. The lowest BCUT2D eigenvalue weighted by atomic mass is 9.96. The second-order valence-corrected chi connectivity index (χ2v) is 13.9. The number of hydrogen-bond acceptors (Lipinski definition) is 23. The molecule has 20 atom stereocenters. The smallest absolute Gasteiger partial charge is 0.333 e. The normalized spacial score (nSPS) is 44.7. The highest BCUT2D eigenvalue weighted by molar-refractivity contribution is 5.88. The lowest BCUT2D eigenvalue weighted by Gasteiger charge is -2.49. The van der Waals surface area contributed by atoms with E-state index in [0.717, 1.165) is 0 Å². The summed E-state index contributed by atoms with van der Waals surface area (Å²) in [5.41, 5.74) is 0.373. The van der Waals surface area contributed by atoms with Crippen LogP contribution in [0, 0.1) is 0 Å². The minimum atomic E-state index is -2.10. The minimum absolute atomic E-state index is 0.173. The summed E-state index contributed by atoms with van der Waals surface area (Å²) in [5.74, 6) is -1.62. The van der Waals surface area contributed by atoms with Crippen LogP contribution in [-0.2, 0) is 52.2 Å². The van der Waals surface area contributed by atoms with Gasteiger partial charge in [-0.1, -0.05) is 12.2 Å². The number of aliphatic hydroxyl groups is 12. The number of hydrogen-bond donors (Lipinski definition) is 12. The summed E-state index contributed by atoms with van der Waals surface area (Å²) in [6.07, 6.45) is -35.0. The molecule has 0 unspecified atom stereocenters. The summed E-state index contributed by atoms with van der Waals surface area (Å²) in [5, 5.41) is 127. The van der Waals surface area contributed by atoms with E-state index in [1.165, 1.54) is 26.0 Å². The van der Waals surface area contributed by atoms with E-state index < -0.39 is 161 Å². The number of carbonyl (C=O) groups excluding carboxylic acids is 2. The van der Waals surface area contributed by atoms with Gasteiger partial charge in [0.05, 0.1) is 13.2 Å². The third-order valence-corrected chi connectivity index (χ3v) is 10.1. The van der Waals surface area contributed by atoms with E-state index in [0.29, 0.717) is 0 Å². The van der Waals surface area contributed by atoms with Gasteiger partial charge in [-0.15, -0.1) is 0 Å². The number of esters is 2. The number of carbonyl (C=O) groups is 2. The molecule has 23 heteroatoms. The maximum atomic E-state index is 12.4. The molecule has 4 saturated heterocycles. The SMILES string of the molecule is C/C=C(\C)C(=O)OC[C@H]1O[C@@H](O[C@H]2[C@@H](O[C@H]3O[C@H](CO)[C@@H](O)[C@H](O)[C@H]3O[C@@H]3O[C@H](CO)[C@@H](O)[C@H](O)[C@H]3O)O[C@H](COC(=O)/C(C)=C/C)[C@@H](O)[C@@H]2O)[C@H](O)[C@@H](O)[C@@H]1O. The van der Waals surface area contributed by atoms with Crippen molar-refractivity contribution >= 4 is 11.9 Å². The molecule has 23 nitrogen and oxygen atoms in total. The Bertz CT molecular complexity index is 1380. The van der Waals surface area contributed by atoms with Gasteiger partial charge in [0.15, 0.2) is 25.2 Å². The molecule has 0 spiro atoms. The van der Waals surface area contributed by atoms with E-state index in [9.17, 15) is 70.9 Å². The highest BCUT2D eigenvalue weighted by atomic mass is 16.8. The Balaban J connectivity index is 1.66. The van der Waals surface area contributed by atoms with Gasteiger partial charge >= 0.3 is 11.9 Å². The van der Waals surface area contributed by atoms with Crippen LogP contribution in [0.15, 0.2) is 23.3 Å². The van der Waals surface area contributed by atoms with E-state index in [1.54, 1.807) is 13.8 Å². The molecule has 0 aliphatic carbocycles. The molecular weight excluding hydrogens is 776 g/mol. The Morgan fingerprint density at radius 2 is 0.772 bits per heavy atom. The number of aliphatic hydroxyl groups excluding tert-OH is 12. The zero-order valence-corrected chi connectivity index (χ0v) is 31.4. The molecule has 4 heterocycles. The lowest BCUT2D eigenvalue weighted by Crippen LogP contribution is -2.67. The number of rotatable bonds is 14. The van der Waals surface area contributed by atoms with Gasteiger partial charge in [-0.25, -0.2) is 9.59 Å². The van der Waals surface area contributed by atoms with Crippen LogP contribution in [0.2, 0.25) is 0 Å². The molecule has 0 bridgehead atoms. The maximum Gasteiger partial charge on any atom is 0.333 e. The van der Waals surface area contributed by atoms with E-state index in [1.807, 2.05) is 0 Å². The van der Waals surface area contributed by atoms with E-state index in [-0.39, 0.29) is 11.1 Å². The van der Waals surface area contributed by atoms with Crippen LogP contribution >= 0.6 is 0 Å². The van der Waals surface area contributed by atoms with Gasteiger partial charge in [0, 0.05) is 11.1 Å². The Labute approximate surface area is 325 Å². The van der Waals surface area contributed by atoms with E-state index >= 15 is 0 Å². The zero-order valence-electron chi connectivity index (χ0n) is 31.4. The molecule has 4 aliphatic rings. The summed E-state index contributed by atoms with van der Waals surface area (Å²) in [7, 11) is 0. The molecule has 0 saturated carbocycles. The Hall–Kier alpha value is -2.34. The van der Waals surface area contributed by atoms with Crippen LogP contribution in [0.3, 0.4) is 0 Å². The van der Waals surface area contributed by atoms with Gasteiger partial charge in [-0.3, -0.25) is 0 Å². The van der Waals surface area contributed by atoms with Gasteiger partial charge in [0.1, 0.15) is 111 Å². The third-order valence-electron chi connectivity index (χ3n) is 10.1. The highest BCUT2D eigenvalue weighted by Crippen LogP contribution is 2.35. The molecule has 328 valence electrons. The lowest BCUT2D eigenvalue weighted by molar-refractivity contribution is -0.414. The minimum Gasteiger partial charge on any atom is -0.459 e. The molecule has 0 aromatic heterocycles. The largest absolute Gasteiger partial charge is 0.459 e. The third kappa shape index (κ3) is 10.7. The Morgan fingerprint density at radius 1 is 0.456 bits per heavy atom. The molecule has 4 fully saturated rings. The quantitative estimate of drug-likeness (QED) is 0.0572. The molecule has 0 aromatic carbocycles. The molecule has 4 aliphatic heterocycles. The van der Waals surface area contributed by atoms with Crippen molar-refractivity contribution in [2.75, 3.05) is 26.4 Å². The molecular formula is C34H54O23. The highest BCUT2D eigenvalue weighted by Gasteiger charge is 2.56. The van der Waals surface area contributed by atoms with Crippen molar-refractivity contribution in [3.05, 3.63) is 23.3 Å². The first-order chi connectivity index (χ1) is 26.9. The summed E-state index contributed by atoms with van der Waals surface area (Å²) >= 11 is 0. The monoisotopic (exact) mass is 830 g/mol. The predicted molar refractivity (Wildman–Crippen MR) is 180 cm³/mol. The Morgan fingerprint density at radius 3 is 1.16 bits per heavy atom. The van der Waals surface area contributed by atoms with Gasteiger partial charge in [-0.2, -0.15) is 0 Å². The van der Waals surface area contributed by atoms with Crippen molar-refractivity contribution < 1.29 is 113 Å². The van der Waals surface area contributed by atoms with Gasteiger partial charge in [0.2, 0.25) is 0 Å². The molecule has 0 amide bonds. The van der Waals surface area contributed by atoms with Crippen LogP contribution in [0.5, 0.6) is 0 Å². The van der Waals surface area contributed by atoms with Crippen LogP contribution in [0.4, 0.5) is 0 Å². The number of ether oxygens (including phenoxy) is 9. The predicted octanol–water partition coefficient (Wildman–Crippen LogP) is -6.71. The summed E-state index contributed by atoms with van der Waals surface area (Å²) in [6.45, 7) is 2.87. The standard InChI is InChI=1S/C34H54O23/c1-5-11(3)29(47)49-9-15-19(39)22(42)26(46)32(53-15)56-28-24(44)20(40)16(10-50-30(48)12(4)6-2)54-34(28)57-33-27(23(43)18(38)14(8-36)52-33)55-31-25(45)21(41)17(37)13(7-35)51-31/h5-6,13-28,31-46H,7-10H2,1-4H3/b11-5+,12-6+/t13-,14-,15-,16-,17-,18-,19-,20-,21+,22+,23+,24+,25-,26-,27-,28-,31+,32+,33-,34-/m1/s1. The topological polar surface area (TPSA) is 360 Å². The first-order valence-corrected chi connectivity index (χ1v) is 18.1. The fraction of sp³-hybridized carbons (Fsp3) is 0.824. The van der Waals surface area contributed by atoms with Gasteiger partial charge < -0.3 is 104 Å². The first kappa shape index (κ1) is 47.3. The van der Waals surface area contributed by atoms with Crippen LogP contribution < -0.4 is 0 Å². The Kier molecular flexibility index (Phi) is 17.2. The van der Waals surface area contributed by atoms with Crippen LogP contribution in [0.1, 0.15) is 27.7 Å². The molecule has 4 rings (SSSR count). The van der Waals surface area contributed by atoms with Crippen LogP contribution in [0.25, 0.3) is 0 Å². The van der Waals surface area contributed by atoms with Crippen molar-refractivity contribution in [3.63, 3.8) is 0 Å². The fourth-order valence-corrected chi connectivity index (χ4v) is 6.18. The first-order valence-electron chi connectivity index (χ1n) is 18.1. The van der Waals surface area contributed by atoms with Crippen molar-refractivity contribution in [2.45, 2.75) is 151 Å². The fourth-order valence-electron chi connectivity index (χ4n) is 6.18. The van der Waals surface area contributed by atoms with Crippen molar-refractivity contribution in [1.82, 2.24) is 0 Å². The summed E-state index contributed by atoms with van der Waals surface area (Å²) in [6, 6.07) is 0. The average molecular weight is 831 g/mol. The van der Waals surface area contributed by atoms with Crippen molar-refractivity contribution in [2.24, 2.45) is 0 Å². The van der Waals surface area contributed by atoms with Crippen molar-refractivity contribution in [1.29, 1.82) is 0 Å². The molecule has 57 heavy (non-hydrogen) atoms. The maximum absolute atomic E-state index is 12.4. The zero-order chi connectivity index (χ0) is 42.5. The van der Waals surface area contributed by atoms with Crippen LogP contribution in [-0.4, -0.2) is 222 Å². The summed E-state index contributed by atoms with van der Waals surface area (Å²) in [4.78, 5) is 24.7. The van der Waals surface area contributed by atoms with E-state index in [2.05, 4.69) is 0 Å². The average Bonchev–Trinajstić information content (AvgIpc) is 3.20. The van der Waals surface area contributed by atoms with Crippen molar-refractivity contribution in [3.8, 4) is 0 Å². The second kappa shape index (κ2) is 20.8. The summed E-state index contributed by atoms with van der Waals surface area (Å²) < 4.78 is 50.3. The number of allylic oxidation sites excluding steroid dienone is 2. The van der Waals surface area contributed by atoms with Gasteiger partial charge in [-0.05, 0) is 27.7 Å².